The molecule has 0 aliphatic carbocycles. The molecular weight excluding hydrogens is 424 g/mol. The van der Waals surface area contributed by atoms with Crippen molar-refractivity contribution in [3.8, 4) is 11.1 Å². The summed E-state index contributed by atoms with van der Waals surface area (Å²) in [5.74, 6) is 0.511. The Bertz CT molecular complexity index is 1600. The number of fused-ring (bicyclic) bond motifs is 4. The Hall–Kier alpha value is -3.33. The van der Waals surface area contributed by atoms with E-state index in [1.807, 2.05) is 37.4 Å². The molecule has 162 valence electrons. The molecule has 1 unspecified atom stereocenters. The van der Waals surface area contributed by atoms with Crippen molar-refractivity contribution < 1.29 is 8.42 Å². The number of aromatic nitrogens is 6. The molecule has 8 nitrogen and oxygen atoms in total. The van der Waals surface area contributed by atoms with E-state index in [4.69, 9.17) is 4.98 Å². The van der Waals surface area contributed by atoms with E-state index in [9.17, 15) is 8.42 Å². The molecule has 1 atom stereocenters. The standard InChI is InChI=1S/C23H22N6O2S/c1-14-20-21(15-6-4-9-32(30,31)10-8-15)26-22-18(13-25-29(22)23(20)28-27-14)17-11-16-5-2-3-7-19(16)24-12-17/h2-3,5,7,11-13,15H,4,6,8-10H2,1H3,(H,27,28). The summed E-state index contributed by atoms with van der Waals surface area (Å²) in [7, 11) is -2.99. The molecule has 0 radical (unpaired) electrons. The summed E-state index contributed by atoms with van der Waals surface area (Å²) in [6.45, 7) is 1.97. The maximum Gasteiger partial charge on any atom is 0.186 e. The highest BCUT2D eigenvalue weighted by molar-refractivity contribution is 7.91. The van der Waals surface area contributed by atoms with Gasteiger partial charge in [0.25, 0.3) is 0 Å². The molecule has 5 aromatic rings. The Morgan fingerprint density at radius 1 is 1.09 bits per heavy atom. The van der Waals surface area contributed by atoms with Crippen LogP contribution in [0.15, 0.2) is 42.7 Å². The van der Waals surface area contributed by atoms with Crippen LogP contribution in [0.2, 0.25) is 0 Å². The van der Waals surface area contributed by atoms with E-state index >= 15 is 0 Å². The van der Waals surface area contributed by atoms with E-state index < -0.39 is 9.84 Å². The minimum Gasteiger partial charge on any atom is -0.280 e. The van der Waals surface area contributed by atoms with E-state index in [1.54, 1.807) is 10.7 Å². The Labute approximate surface area is 184 Å². The molecule has 0 spiro atoms. The quantitative estimate of drug-likeness (QED) is 0.442. The summed E-state index contributed by atoms with van der Waals surface area (Å²) in [5.41, 5.74) is 6.01. The predicted octanol–water partition coefficient (Wildman–Crippen LogP) is 3.81. The number of para-hydroxylation sites is 1. The topological polar surface area (TPSA) is 106 Å². The number of H-pyrrole nitrogens is 1. The average molecular weight is 447 g/mol. The molecule has 6 rings (SSSR count). The van der Waals surface area contributed by atoms with Crippen LogP contribution in [0.4, 0.5) is 0 Å². The molecule has 32 heavy (non-hydrogen) atoms. The Balaban J connectivity index is 1.56. The molecule has 4 aromatic heterocycles. The fraction of sp³-hybridized carbons (Fsp3) is 0.304. The summed E-state index contributed by atoms with van der Waals surface area (Å²) in [6, 6.07) is 10.1. The molecule has 5 heterocycles. The maximum atomic E-state index is 12.2. The zero-order valence-electron chi connectivity index (χ0n) is 17.6. The normalized spacial score (nSPS) is 19.0. The number of aromatic amines is 1. The third-order valence-electron chi connectivity index (χ3n) is 6.43. The van der Waals surface area contributed by atoms with Gasteiger partial charge in [-0.1, -0.05) is 18.2 Å². The highest BCUT2D eigenvalue weighted by Gasteiger charge is 2.27. The second-order valence-electron chi connectivity index (χ2n) is 8.53. The van der Waals surface area contributed by atoms with Gasteiger partial charge in [-0.3, -0.25) is 10.1 Å². The van der Waals surface area contributed by atoms with Crippen LogP contribution >= 0.6 is 0 Å². The van der Waals surface area contributed by atoms with Gasteiger partial charge >= 0.3 is 0 Å². The van der Waals surface area contributed by atoms with Crippen molar-refractivity contribution in [1.29, 1.82) is 0 Å². The lowest BCUT2D eigenvalue weighted by Gasteiger charge is -2.15. The van der Waals surface area contributed by atoms with E-state index in [-0.39, 0.29) is 17.4 Å². The molecule has 9 heteroatoms. The number of rotatable bonds is 2. The van der Waals surface area contributed by atoms with E-state index in [0.29, 0.717) is 18.5 Å². The van der Waals surface area contributed by atoms with Gasteiger partial charge in [0, 0.05) is 34.3 Å². The smallest absolute Gasteiger partial charge is 0.186 e. The van der Waals surface area contributed by atoms with Gasteiger partial charge < -0.3 is 0 Å². The first-order valence-corrected chi connectivity index (χ1v) is 12.6. The number of aryl methyl sites for hydroxylation is 1. The highest BCUT2D eigenvalue weighted by atomic mass is 32.2. The Morgan fingerprint density at radius 3 is 2.88 bits per heavy atom. The van der Waals surface area contributed by atoms with Gasteiger partial charge in [-0.15, -0.1) is 0 Å². The summed E-state index contributed by atoms with van der Waals surface area (Å²) in [5, 5.41) is 14.2. The predicted molar refractivity (Wildman–Crippen MR) is 123 cm³/mol. The van der Waals surface area contributed by atoms with Gasteiger partial charge in [0.1, 0.15) is 9.84 Å². The first-order valence-electron chi connectivity index (χ1n) is 10.8. The van der Waals surface area contributed by atoms with Crippen molar-refractivity contribution >= 4 is 37.4 Å². The van der Waals surface area contributed by atoms with Gasteiger partial charge in [0.2, 0.25) is 0 Å². The lowest BCUT2D eigenvalue weighted by molar-refractivity contribution is 0.592. The minimum absolute atomic E-state index is 0.0635. The summed E-state index contributed by atoms with van der Waals surface area (Å²) >= 11 is 0. The fourth-order valence-electron chi connectivity index (χ4n) is 4.76. The summed E-state index contributed by atoms with van der Waals surface area (Å²) in [4.78, 5) is 9.68. The van der Waals surface area contributed by atoms with E-state index in [0.717, 1.165) is 50.9 Å². The molecule has 0 amide bonds. The Kier molecular flexibility index (Phi) is 4.29. The van der Waals surface area contributed by atoms with Crippen LogP contribution in [0.1, 0.15) is 36.6 Å². The monoisotopic (exact) mass is 446 g/mol. The fourth-order valence-corrected chi connectivity index (χ4v) is 6.21. The maximum absolute atomic E-state index is 12.2. The number of nitrogens with one attached hydrogen (secondary N) is 1. The molecule has 1 fully saturated rings. The number of benzene rings is 1. The number of hydrogen-bond donors (Lipinski definition) is 1. The molecule has 1 aliphatic rings. The van der Waals surface area contributed by atoms with Crippen LogP contribution in [0.5, 0.6) is 0 Å². The second-order valence-corrected chi connectivity index (χ2v) is 10.8. The van der Waals surface area contributed by atoms with Crippen LogP contribution in [-0.4, -0.2) is 49.7 Å². The van der Waals surface area contributed by atoms with Gasteiger partial charge in [0.05, 0.1) is 34.3 Å². The molecule has 1 aromatic carbocycles. The summed E-state index contributed by atoms with van der Waals surface area (Å²) < 4.78 is 26.1. The first kappa shape index (κ1) is 19.4. The van der Waals surface area contributed by atoms with Crippen molar-refractivity contribution in [1.82, 2.24) is 29.8 Å². The minimum atomic E-state index is -2.99. The van der Waals surface area contributed by atoms with Crippen molar-refractivity contribution in [3.63, 3.8) is 0 Å². The number of sulfone groups is 1. The lowest BCUT2D eigenvalue weighted by Crippen LogP contribution is -2.10. The first-order chi connectivity index (χ1) is 15.5. The molecular formula is C23H22N6O2S. The number of nitrogens with zero attached hydrogens (tertiary/aromatic N) is 5. The van der Waals surface area contributed by atoms with Crippen LogP contribution in [-0.2, 0) is 9.84 Å². The van der Waals surface area contributed by atoms with Crippen LogP contribution < -0.4 is 0 Å². The van der Waals surface area contributed by atoms with Gasteiger partial charge in [0.15, 0.2) is 11.3 Å². The van der Waals surface area contributed by atoms with Crippen LogP contribution in [0.25, 0.3) is 38.7 Å². The van der Waals surface area contributed by atoms with Crippen molar-refractivity contribution in [2.45, 2.75) is 32.1 Å². The van der Waals surface area contributed by atoms with Gasteiger partial charge in [-0.05, 0) is 38.3 Å². The third-order valence-corrected chi connectivity index (χ3v) is 8.20. The van der Waals surface area contributed by atoms with Crippen LogP contribution in [0, 0.1) is 6.92 Å². The number of pyridine rings is 1. The molecule has 0 bridgehead atoms. The van der Waals surface area contributed by atoms with Gasteiger partial charge in [-0.25, -0.2) is 13.4 Å². The average Bonchev–Trinajstić information content (AvgIpc) is 3.33. The van der Waals surface area contributed by atoms with Crippen LogP contribution in [0.3, 0.4) is 0 Å². The highest BCUT2D eigenvalue weighted by Crippen LogP contribution is 2.35. The van der Waals surface area contributed by atoms with Gasteiger partial charge in [-0.2, -0.15) is 14.7 Å². The largest absolute Gasteiger partial charge is 0.280 e. The zero-order chi connectivity index (χ0) is 21.9. The number of hydrogen-bond acceptors (Lipinski definition) is 6. The van der Waals surface area contributed by atoms with E-state index in [2.05, 4.69) is 26.3 Å². The second kappa shape index (κ2) is 7.09. The molecule has 0 saturated carbocycles. The SMILES string of the molecule is Cc1[nH]nc2c1c(C1CCCS(=O)(=O)CC1)nc1c(-c3cnc4ccccc4c3)cnn12. The van der Waals surface area contributed by atoms with E-state index in [1.165, 1.54) is 0 Å². The lowest BCUT2D eigenvalue weighted by atomic mass is 9.94. The van der Waals surface area contributed by atoms with Crippen molar-refractivity contribution in [2.75, 3.05) is 11.5 Å². The molecule has 1 saturated heterocycles. The van der Waals surface area contributed by atoms with Crippen molar-refractivity contribution in [2.24, 2.45) is 0 Å². The molecule has 1 N–H and O–H groups in total. The third kappa shape index (κ3) is 3.07. The van der Waals surface area contributed by atoms with Crippen molar-refractivity contribution in [3.05, 3.63) is 54.1 Å². The zero-order valence-corrected chi connectivity index (χ0v) is 18.4. The summed E-state index contributed by atoms with van der Waals surface area (Å²) in [6.07, 6.45) is 5.67. The Morgan fingerprint density at radius 2 is 1.97 bits per heavy atom. The molecule has 1 aliphatic heterocycles.